The first-order valence-electron chi connectivity index (χ1n) is 9.56. The smallest absolute Gasteiger partial charge is 0.229 e. The van der Waals surface area contributed by atoms with E-state index in [1.165, 1.54) is 0 Å². The van der Waals surface area contributed by atoms with Crippen LogP contribution in [0.15, 0.2) is 47.4 Å². The fourth-order valence-electron chi connectivity index (χ4n) is 2.92. The number of aryl methyl sites for hydroxylation is 1. The Balaban J connectivity index is 0.00000320. The van der Waals surface area contributed by atoms with Crippen molar-refractivity contribution in [1.29, 1.82) is 0 Å². The van der Waals surface area contributed by atoms with Gasteiger partial charge in [0.25, 0.3) is 0 Å². The number of anilines is 3. The third-order valence-corrected chi connectivity index (χ3v) is 6.37. The van der Waals surface area contributed by atoms with E-state index in [1.807, 2.05) is 45.3 Å². The minimum Gasteiger partial charge on any atom is -0.368 e. The third kappa shape index (κ3) is 5.59. The molecule has 0 unspecified atom stereocenters. The van der Waals surface area contributed by atoms with Crippen molar-refractivity contribution in [3.8, 4) is 0 Å². The Morgan fingerprint density at radius 3 is 2.47 bits per heavy atom. The first-order valence-corrected chi connectivity index (χ1v) is 11.2. The maximum Gasteiger partial charge on any atom is 0.229 e. The lowest BCUT2D eigenvalue weighted by atomic mass is 10.2. The van der Waals surface area contributed by atoms with Crippen molar-refractivity contribution in [2.45, 2.75) is 18.7 Å². The quantitative estimate of drug-likeness (QED) is 0.539. The number of benzene rings is 2. The van der Waals surface area contributed by atoms with Gasteiger partial charge >= 0.3 is 0 Å². The number of fused-ring (bicyclic) bond motifs is 1. The number of nitrogens with one attached hydrogen (secondary N) is 2. The summed E-state index contributed by atoms with van der Waals surface area (Å²) in [5.41, 5.74) is 2.42. The Morgan fingerprint density at radius 1 is 1.07 bits per heavy atom. The molecule has 0 fully saturated rings. The molecule has 0 radical (unpaired) electrons. The van der Waals surface area contributed by atoms with Gasteiger partial charge in [-0.1, -0.05) is 19.1 Å². The molecule has 0 amide bonds. The van der Waals surface area contributed by atoms with E-state index in [0.29, 0.717) is 10.8 Å². The van der Waals surface area contributed by atoms with Gasteiger partial charge in [0.2, 0.25) is 5.95 Å². The van der Waals surface area contributed by atoms with E-state index in [0.717, 1.165) is 41.1 Å². The Hall–Kier alpha value is -2.42. The van der Waals surface area contributed by atoms with Gasteiger partial charge in [-0.3, -0.25) is 0 Å². The topological polar surface area (TPSA) is 87.2 Å². The zero-order valence-corrected chi connectivity index (χ0v) is 19.3. The van der Waals surface area contributed by atoms with Crippen LogP contribution in [0.3, 0.4) is 0 Å². The number of sulfone groups is 1. The average molecular weight is 450 g/mol. The van der Waals surface area contributed by atoms with Gasteiger partial charge in [-0.2, -0.15) is 4.98 Å². The number of hydrogen-bond acceptors (Lipinski definition) is 7. The molecule has 9 heteroatoms. The van der Waals surface area contributed by atoms with Crippen LogP contribution in [0, 0.1) is 6.92 Å². The number of rotatable bonds is 8. The van der Waals surface area contributed by atoms with Gasteiger partial charge in [0, 0.05) is 24.2 Å². The van der Waals surface area contributed by atoms with Crippen molar-refractivity contribution in [3.05, 3.63) is 48.0 Å². The molecule has 0 atom stereocenters. The number of halogens is 1. The van der Waals surface area contributed by atoms with Crippen molar-refractivity contribution in [2.24, 2.45) is 0 Å². The lowest BCUT2D eigenvalue weighted by Crippen LogP contribution is -2.21. The van der Waals surface area contributed by atoms with Crippen LogP contribution in [0.25, 0.3) is 10.9 Å². The molecule has 2 N–H and O–H groups in total. The normalized spacial score (nSPS) is 11.4. The number of hydrogen-bond donors (Lipinski definition) is 2. The summed E-state index contributed by atoms with van der Waals surface area (Å²) in [6.45, 7) is 5.16. The Kier molecular flexibility index (Phi) is 8.00. The highest BCUT2D eigenvalue weighted by Gasteiger charge is 2.14. The van der Waals surface area contributed by atoms with Crippen molar-refractivity contribution in [1.82, 2.24) is 14.9 Å². The predicted octanol–water partition coefficient (Wildman–Crippen LogP) is 3.87. The molecule has 1 heterocycles. The molecule has 0 saturated carbocycles. The monoisotopic (exact) mass is 449 g/mol. The maximum absolute atomic E-state index is 12.1. The molecule has 0 aliphatic carbocycles. The van der Waals surface area contributed by atoms with Gasteiger partial charge in [0.15, 0.2) is 9.84 Å². The van der Waals surface area contributed by atoms with Crippen LogP contribution in [0.2, 0.25) is 0 Å². The highest BCUT2D eigenvalue weighted by molar-refractivity contribution is 7.91. The largest absolute Gasteiger partial charge is 0.368 e. The van der Waals surface area contributed by atoms with Crippen LogP contribution < -0.4 is 10.6 Å². The fourth-order valence-corrected chi connectivity index (χ4v) is 3.89. The summed E-state index contributed by atoms with van der Waals surface area (Å²) in [5.74, 6) is 1.31. The van der Waals surface area contributed by atoms with E-state index in [-0.39, 0.29) is 18.2 Å². The highest BCUT2D eigenvalue weighted by atomic mass is 35.5. The van der Waals surface area contributed by atoms with Crippen LogP contribution in [0.1, 0.15) is 12.5 Å². The molecule has 0 bridgehead atoms. The average Bonchev–Trinajstić information content (AvgIpc) is 2.69. The summed E-state index contributed by atoms with van der Waals surface area (Å²) >= 11 is 0. The molecule has 1 aromatic heterocycles. The zero-order chi connectivity index (χ0) is 21.0. The lowest BCUT2D eigenvalue weighted by Gasteiger charge is -2.15. The van der Waals surface area contributed by atoms with Crippen molar-refractivity contribution >= 4 is 50.6 Å². The van der Waals surface area contributed by atoms with Crippen LogP contribution in [-0.2, 0) is 9.84 Å². The number of aromatic nitrogens is 2. The molecule has 0 spiro atoms. The molecule has 2 aromatic carbocycles. The number of likely N-dealkylation sites (N-methyl/N-ethyl adjacent to an activating group) is 1. The summed E-state index contributed by atoms with van der Waals surface area (Å²) in [6, 6.07) is 12.9. The summed E-state index contributed by atoms with van der Waals surface area (Å²) < 4.78 is 24.2. The van der Waals surface area contributed by atoms with Gasteiger partial charge in [0.1, 0.15) is 5.82 Å². The lowest BCUT2D eigenvalue weighted by molar-refractivity contribution is 0.425. The molecule has 7 nitrogen and oxygen atoms in total. The second-order valence-electron chi connectivity index (χ2n) is 7.15. The Bertz CT molecular complexity index is 1120. The standard InChI is InChI=1S/C21H27N5O2S.ClH/c1-5-29(27,28)16-10-11-18(15(2)14-16)23-21-24-19-9-7-6-8-17(19)20(25-21)22-12-13-26(3)4;/h6-11,14H,5,12-13H2,1-4H3,(H2,22,23,24,25);1H. The maximum atomic E-state index is 12.1. The van der Waals surface area contributed by atoms with Crippen LogP contribution >= 0.6 is 12.4 Å². The van der Waals surface area contributed by atoms with E-state index in [9.17, 15) is 8.42 Å². The molecular formula is C21H28ClN5O2S. The summed E-state index contributed by atoms with van der Waals surface area (Å²) in [6.07, 6.45) is 0. The molecule has 0 aliphatic rings. The molecule has 162 valence electrons. The first kappa shape index (κ1) is 23.9. The zero-order valence-electron chi connectivity index (χ0n) is 17.6. The van der Waals surface area contributed by atoms with E-state index >= 15 is 0 Å². The van der Waals surface area contributed by atoms with Crippen molar-refractivity contribution in [2.75, 3.05) is 43.6 Å². The molecule has 30 heavy (non-hydrogen) atoms. The molecular weight excluding hydrogens is 422 g/mol. The molecule has 0 aliphatic heterocycles. The number of nitrogens with zero attached hydrogens (tertiary/aromatic N) is 3. The Labute approximate surface area is 184 Å². The van der Waals surface area contributed by atoms with Crippen LogP contribution in [0.5, 0.6) is 0 Å². The van der Waals surface area contributed by atoms with Crippen molar-refractivity contribution in [3.63, 3.8) is 0 Å². The van der Waals surface area contributed by atoms with Gasteiger partial charge in [-0.15, -0.1) is 12.4 Å². The van der Waals surface area contributed by atoms with Crippen LogP contribution in [0.4, 0.5) is 17.5 Å². The minimum atomic E-state index is -3.24. The molecule has 0 saturated heterocycles. The molecule has 3 rings (SSSR count). The van der Waals surface area contributed by atoms with Gasteiger partial charge < -0.3 is 15.5 Å². The summed E-state index contributed by atoms with van der Waals surface area (Å²) in [7, 11) is 0.815. The van der Waals surface area contributed by atoms with E-state index in [1.54, 1.807) is 25.1 Å². The fraction of sp³-hybridized carbons (Fsp3) is 0.333. The van der Waals surface area contributed by atoms with Gasteiger partial charge in [0.05, 0.1) is 16.2 Å². The van der Waals surface area contributed by atoms with Crippen LogP contribution in [-0.4, -0.2) is 56.2 Å². The van der Waals surface area contributed by atoms with Gasteiger partial charge in [-0.25, -0.2) is 13.4 Å². The summed E-state index contributed by atoms with van der Waals surface area (Å²) in [5, 5.41) is 7.57. The first-order chi connectivity index (χ1) is 13.8. The summed E-state index contributed by atoms with van der Waals surface area (Å²) in [4.78, 5) is 11.7. The van der Waals surface area contributed by atoms with E-state index < -0.39 is 9.84 Å². The van der Waals surface area contributed by atoms with Gasteiger partial charge in [-0.05, 0) is 56.9 Å². The second kappa shape index (κ2) is 10.1. The predicted molar refractivity (Wildman–Crippen MR) is 126 cm³/mol. The van der Waals surface area contributed by atoms with Crippen molar-refractivity contribution < 1.29 is 8.42 Å². The Morgan fingerprint density at radius 2 is 1.80 bits per heavy atom. The molecule has 3 aromatic rings. The highest BCUT2D eigenvalue weighted by Crippen LogP contribution is 2.26. The third-order valence-electron chi connectivity index (χ3n) is 4.64. The van der Waals surface area contributed by atoms with E-state index in [4.69, 9.17) is 0 Å². The second-order valence-corrected chi connectivity index (χ2v) is 9.43. The number of para-hydroxylation sites is 1. The minimum absolute atomic E-state index is 0. The SMILES string of the molecule is CCS(=O)(=O)c1ccc(Nc2nc(NCCN(C)C)c3ccccc3n2)c(C)c1.Cl. The van der Waals surface area contributed by atoms with E-state index in [2.05, 4.69) is 25.5 Å².